The van der Waals surface area contributed by atoms with E-state index in [0.717, 1.165) is 24.2 Å². The summed E-state index contributed by atoms with van der Waals surface area (Å²) in [5.74, 6) is 1.52. The first-order chi connectivity index (χ1) is 17.2. The number of hydrogen-bond donors (Lipinski definition) is 1. The summed E-state index contributed by atoms with van der Waals surface area (Å²) in [6.07, 6.45) is 4.99. The molecule has 0 spiro atoms. The number of unbranched alkanes of at least 4 members (excludes halogenated alkanes) is 1. The molecule has 0 saturated carbocycles. The number of rotatable bonds is 11. The number of nitro groups is 1. The number of hydrogen-bond acceptors (Lipinski definition) is 8. The van der Waals surface area contributed by atoms with E-state index in [1.807, 2.05) is 48.5 Å². The van der Waals surface area contributed by atoms with E-state index in [2.05, 4.69) is 27.2 Å². The van der Waals surface area contributed by atoms with Gasteiger partial charge in [0.15, 0.2) is 0 Å². The minimum atomic E-state index is -0.471. The van der Waals surface area contributed by atoms with Crippen molar-refractivity contribution in [2.75, 3.05) is 16.8 Å². The van der Waals surface area contributed by atoms with Gasteiger partial charge in [0.25, 0.3) is 0 Å². The van der Waals surface area contributed by atoms with Gasteiger partial charge in [-0.3, -0.25) is 10.1 Å². The van der Waals surface area contributed by atoms with Crippen molar-refractivity contribution in [1.29, 1.82) is 0 Å². The van der Waals surface area contributed by atoms with Crippen molar-refractivity contribution in [1.82, 2.24) is 15.0 Å². The molecule has 0 saturated heterocycles. The zero-order chi connectivity index (χ0) is 24.5. The van der Waals surface area contributed by atoms with E-state index >= 15 is 0 Å². The Balaban J connectivity index is 1.67. The zero-order valence-corrected chi connectivity index (χ0v) is 19.4. The highest BCUT2D eigenvalue weighted by molar-refractivity contribution is 5.77. The van der Waals surface area contributed by atoms with Crippen molar-refractivity contribution in [2.45, 2.75) is 26.3 Å². The first kappa shape index (κ1) is 23.6. The van der Waals surface area contributed by atoms with Crippen molar-refractivity contribution < 1.29 is 9.66 Å². The van der Waals surface area contributed by atoms with Gasteiger partial charge < -0.3 is 15.0 Å². The fraction of sp³-hybridized carbons (Fsp3) is 0.192. The van der Waals surface area contributed by atoms with Gasteiger partial charge in [0.1, 0.15) is 17.9 Å². The van der Waals surface area contributed by atoms with E-state index in [0.29, 0.717) is 24.7 Å². The highest BCUT2D eigenvalue weighted by Crippen LogP contribution is 2.37. The molecule has 0 radical (unpaired) electrons. The van der Waals surface area contributed by atoms with Gasteiger partial charge in [-0.25, -0.2) is 15.0 Å². The SMILES string of the molecule is CCCCOc1ccc(Nc2ncnc(N(Cc3ccccc3)c3ccccn3)c2[N+](=O)[O-])cc1. The third-order valence-corrected chi connectivity index (χ3v) is 5.23. The molecule has 0 bridgehead atoms. The molecule has 2 aromatic heterocycles. The van der Waals surface area contributed by atoms with Crippen molar-refractivity contribution in [3.63, 3.8) is 0 Å². The molecular formula is C26H26N6O3. The Bertz CT molecular complexity index is 1240. The van der Waals surface area contributed by atoms with Crippen LogP contribution in [0.5, 0.6) is 5.75 Å². The normalized spacial score (nSPS) is 10.5. The summed E-state index contributed by atoms with van der Waals surface area (Å²) in [6.45, 7) is 3.10. The fourth-order valence-electron chi connectivity index (χ4n) is 3.48. The van der Waals surface area contributed by atoms with E-state index in [1.54, 1.807) is 35.4 Å². The van der Waals surface area contributed by atoms with Crippen LogP contribution in [0.25, 0.3) is 0 Å². The number of nitrogens with one attached hydrogen (secondary N) is 1. The second kappa shape index (κ2) is 11.6. The largest absolute Gasteiger partial charge is 0.494 e. The molecular weight excluding hydrogens is 444 g/mol. The first-order valence-corrected chi connectivity index (χ1v) is 11.4. The van der Waals surface area contributed by atoms with Crippen LogP contribution in [-0.4, -0.2) is 26.5 Å². The van der Waals surface area contributed by atoms with Crippen molar-refractivity contribution in [3.05, 3.63) is 101 Å². The summed E-state index contributed by atoms with van der Waals surface area (Å²) in [5.41, 5.74) is 1.37. The number of pyridine rings is 1. The van der Waals surface area contributed by atoms with Gasteiger partial charge in [0, 0.05) is 11.9 Å². The van der Waals surface area contributed by atoms with Crippen LogP contribution in [0.15, 0.2) is 85.3 Å². The average Bonchev–Trinajstić information content (AvgIpc) is 2.89. The second-order valence-electron chi connectivity index (χ2n) is 7.76. The lowest BCUT2D eigenvalue weighted by Crippen LogP contribution is -2.21. The predicted octanol–water partition coefficient (Wildman–Crippen LogP) is 6.04. The van der Waals surface area contributed by atoms with E-state index in [4.69, 9.17) is 4.74 Å². The lowest BCUT2D eigenvalue weighted by atomic mass is 10.2. The van der Waals surface area contributed by atoms with Crippen LogP contribution in [0, 0.1) is 10.1 Å². The van der Waals surface area contributed by atoms with Crippen LogP contribution in [0.3, 0.4) is 0 Å². The number of anilines is 4. The molecule has 0 aliphatic rings. The topological polar surface area (TPSA) is 106 Å². The molecule has 0 aliphatic carbocycles. The Kier molecular flexibility index (Phi) is 7.80. The summed E-state index contributed by atoms with van der Waals surface area (Å²) < 4.78 is 5.69. The number of aromatic nitrogens is 3. The smallest absolute Gasteiger partial charge is 0.354 e. The number of benzene rings is 2. The predicted molar refractivity (Wildman–Crippen MR) is 135 cm³/mol. The molecule has 178 valence electrons. The van der Waals surface area contributed by atoms with Crippen LogP contribution >= 0.6 is 0 Å². The maximum absolute atomic E-state index is 12.2. The molecule has 4 aromatic rings. The fourth-order valence-corrected chi connectivity index (χ4v) is 3.48. The molecule has 2 heterocycles. The second-order valence-corrected chi connectivity index (χ2v) is 7.76. The highest BCUT2D eigenvalue weighted by Gasteiger charge is 2.29. The third-order valence-electron chi connectivity index (χ3n) is 5.23. The molecule has 0 unspecified atom stereocenters. The van der Waals surface area contributed by atoms with Gasteiger partial charge in [-0.2, -0.15) is 0 Å². The van der Waals surface area contributed by atoms with Crippen LogP contribution in [0.4, 0.5) is 28.8 Å². The summed E-state index contributed by atoms with van der Waals surface area (Å²) in [5, 5.41) is 15.3. The summed E-state index contributed by atoms with van der Waals surface area (Å²) in [7, 11) is 0. The lowest BCUT2D eigenvalue weighted by molar-refractivity contribution is -0.383. The van der Waals surface area contributed by atoms with Crippen LogP contribution in [0.1, 0.15) is 25.3 Å². The number of nitrogens with zero attached hydrogens (tertiary/aromatic N) is 5. The standard InChI is InChI=1S/C26H26N6O3/c1-2-3-17-35-22-14-12-21(13-15-22)30-25-24(32(33)34)26(29-19-28-25)31(23-11-7-8-16-27-23)18-20-9-5-4-6-10-20/h4-16,19H,2-3,17-18H2,1H3,(H,28,29,30). The van der Waals surface area contributed by atoms with E-state index in [1.165, 1.54) is 6.33 Å². The van der Waals surface area contributed by atoms with Crippen molar-refractivity contribution in [2.24, 2.45) is 0 Å². The summed E-state index contributed by atoms with van der Waals surface area (Å²) >= 11 is 0. The van der Waals surface area contributed by atoms with Crippen LogP contribution in [0.2, 0.25) is 0 Å². The zero-order valence-electron chi connectivity index (χ0n) is 19.4. The third kappa shape index (κ3) is 6.08. The van der Waals surface area contributed by atoms with E-state index in [-0.39, 0.29) is 17.3 Å². The molecule has 2 aromatic carbocycles. The van der Waals surface area contributed by atoms with Crippen LogP contribution < -0.4 is 15.0 Å². The maximum Gasteiger partial charge on any atom is 0.354 e. The molecule has 9 nitrogen and oxygen atoms in total. The first-order valence-electron chi connectivity index (χ1n) is 11.4. The molecule has 0 atom stereocenters. The minimum Gasteiger partial charge on any atom is -0.494 e. The Morgan fingerprint density at radius 3 is 2.43 bits per heavy atom. The molecule has 35 heavy (non-hydrogen) atoms. The lowest BCUT2D eigenvalue weighted by Gasteiger charge is -2.23. The van der Waals surface area contributed by atoms with Crippen molar-refractivity contribution >= 4 is 28.8 Å². The molecule has 0 aliphatic heterocycles. The highest BCUT2D eigenvalue weighted by atomic mass is 16.6. The Hall–Kier alpha value is -4.53. The molecule has 9 heteroatoms. The van der Waals surface area contributed by atoms with Gasteiger partial charge in [-0.15, -0.1) is 0 Å². The molecule has 1 N–H and O–H groups in total. The van der Waals surface area contributed by atoms with Gasteiger partial charge in [-0.05, 0) is 48.4 Å². The quantitative estimate of drug-likeness (QED) is 0.161. The van der Waals surface area contributed by atoms with E-state index in [9.17, 15) is 10.1 Å². The average molecular weight is 471 g/mol. The molecule has 4 rings (SSSR count). The van der Waals surface area contributed by atoms with Gasteiger partial charge in [0.2, 0.25) is 11.6 Å². The number of ether oxygens (including phenoxy) is 1. The Morgan fingerprint density at radius 1 is 0.971 bits per heavy atom. The monoisotopic (exact) mass is 470 g/mol. The minimum absolute atomic E-state index is 0.0913. The van der Waals surface area contributed by atoms with Gasteiger partial charge in [-0.1, -0.05) is 49.7 Å². The van der Waals surface area contributed by atoms with Crippen LogP contribution in [-0.2, 0) is 6.54 Å². The summed E-state index contributed by atoms with van der Waals surface area (Å²) in [4.78, 5) is 26.4. The molecule has 0 fully saturated rings. The Labute approximate surface area is 203 Å². The Morgan fingerprint density at radius 2 is 1.74 bits per heavy atom. The van der Waals surface area contributed by atoms with Crippen molar-refractivity contribution in [3.8, 4) is 5.75 Å². The van der Waals surface area contributed by atoms with Gasteiger partial charge >= 0.3 is 5.69 Å². The van der Waals surface area contributed by atoms with Gasteiger partial charge in [0.05, 0.1) is 18.1 Å². The van der Waals surface area contributed by atoms with E-state index < -0.39 is 4.92 Å². The molecule has 0 amide bonds. The maximum atomic E-state index is 12.2. The summed E-state index contributed by atoms with van der Waals surface area (Å²) in [6, 6.07) is 22.3.